The lowest BCUT2D eigenvalue weighted by Crippen LogP contribution is -2.45. The van der Waals surface area contributed by atoms with Crippen molar-refractivity contribution in [3.05, 3.63) is 43.6 Å². The van der Waals surface area contributed by atoms with Crippen molar-refractivity contribution in [2.24, 2.45) is 21.9 Å². The normalized spacial score (nSPS) is 15.8. The van der Waals surface area contributed by atoms with Crippen molar-refractivity contribution >= 4 is 56.4 Å². The van der Waals surface area contributed by atoms with Crippen LogP contribution in [0.2, 0.25) is 0 Å². The van der Waals surface area contributed by atoms with E-state index in [1.54, 1.807) is 12.1 Å². The Morgan fingerprint density at radius 1 is 1.40 bits per heavy atom. The van der Waals surface area contributed by atoms with Crippen molar-refractivity contribution in [2.75, 3.05) is 18.4 Å². The lowest BCUT2D eigenvalue weighted by atomic mass is 9.85. The molecule has 30 heavy (non-hydrogen) atoms. The summed E-state index contributed by atoms with van der Waals surface area (Å²) < 4.78 is 15.3. The molecule has 0 radical (unpaired) electrons. The lowest BCUT2D eigenvalue weighted by Gasteiger charge is -2.22. The van der Waals surface area contributed by atoms with Crippen LogP contribution in [-0.2, 0) is 6.42 Å². The number of nitrogens with one attached hydrogen (secondary N) is 2. The Balaban J connectivity index is 2.09. The van der Waals surface area contributed by atoms with Gasteiger partial charge in [0.25, 0.3) is 5.91 Å². The number of amidine groups is 1. The Kier molecular flexibility index (Phi) is 6.45. The summed E-state index contributed by atoms with van der Waals surface area (Å²) in [6.45, 7) is 8.75. The van der Waals surface area contributed by atoms with Gasteiger partial charge in [0.2, 0.25) is 0 Å². The van der Waals surface area contributed by atoms with Gasteiger partial charge < -0.3 is 22.1 Å². The van der Waals surface area contributed by atoms with Crippen LogP contribution >= 0.6 is 33.9 Å². The van der Waals surface area contributed by atoms with E-state index in [4.69, 9.17) is 11.5 Å². The fraction of sp³-hybridized carbons (Fsp3) is 0.429. The average molecular weight is 543 g/mol. The van der Waals surface area contributed by atoms with Crippen molar-refractivity contribution in [2.45, 2.75) is 39.7 Å². The molecule has 1 aromatic heterocycles. The van der Waals surface area contributed by atoms with Crippen molar-refractivity contribution in [3.8, 4) is 0 Å². The van der Waals surface area contributed by atoms with Crippen molar-refractivity contribution < 1.29 is 9.18 Å². The molecule has 6 N–H and O–H groups in total. The maximum absolute atomic E-state index is 14.5. The number of hydrogen-bond acceptors (Lipinski definition) is 6. The molecule has 162 valence electrons. The molecule has 0 saturated carbocycles. The van der Waals surface area contributed by atoms with Gasteiger partial charge in [-0.25, -0.2) is 4.39 Å². The summed E-state index contributed by atoms with van der Waals surface area (Å²) in [7, 11) is 0. The van der Waals surface area contributed by atoms with Crippen LogP contribution in [0.1, 0.15) is 48.5 Å². The Morgan fingerprint density at radius 2 is 2.10 bits per heavy atom. The van der Waals surface area contributed by atoms with E-state index in [0.717, 1.165) is 14.0 Å². The highest BCUT2D eigenvalue weighted by atomic mass is 127. The van der Waals surface area contributed by atoms with Crippen molar-refractivity contribution in [3.63, 3.8) is 0 Å². The van der Waals surface area contributed by atoms with E-state index in [0.29, 0.717) is 41.6 Å². The van der Waals surface area contributed by atoms with Gasteiger partial charge in [0.05, 0.1) is 16.1 Å². The van der Waals surface area contributed by atoms with Gasteiger partial charge in [-0.2, -0.15) is 0 Å². The minimum atomic E-state index is -0.557. The Morgan fingerprint density at radius 3 is 2.73 bits per heavy atom. The molecule has 1 amide bonds. The minimum Gasteiger partial charge on any atom is -0.383 e. The third-order valence-electron chi connectivity index (χ3n) is 4.68. The molecule has 0 spiro atoms. The highest BCUT2D eigenvalue weighted by Gasteiger charge is 2.32. The quantitative estimate of drug-likeness (QED) is 0.428. The Labute approximate surface area is 193 Å². The van der Waals surface area contributed by atoms with Gasteiger partial charge in [0, 0.05) is 22.2 Å². The van der Waals surface area contributed by atoms with Crippen LogP contribution in [0.15, 0.2) is 23.2 Å². The average Bonchev–Trinajstić information content (AvgIpc) is 2.91. The molecule has 1 aliphatic heterocycles. The summed E-state index contributed by atoms with van der Waals surface area (Å²) in [4.78, 5) is 18.5. The second-order valence-electron chi connectivity index (χ2n) is 9.08. The summed E-state index contributed by atoms with van der Waals surface area (Å²) >= 11 is 3.38. The Hall–Kier alpha value is -1.72. The number of carbonyl (C=O) groups excluding carboxylic acids is 1. The van der Waals surface area contributed by atoms with Crippen LogP contribution < -0.4 is 22.1 Å². The first-order chi connectivity index (χ1) is 13.9. The molecule has 2 aromatic rings. The van der Waals surface area contributed by atoms with Crippen molar-refractivity contribution in [1.29, 1.82) is 0 Å². The number of anilines is 2. The molecule has 1 aromatic carbocycles. The smallest absolute Gasteiger partial charge is 0.254 e. The standard InChI is InChI=1S/C21H27FIN5OS/c1-20(2)8-12-15(18(29)27-10-21(3,4)25)19(30-16(12)17(24)26-9-20)28-14-6-5-11(23)7-13(14)22/h5-7,28H,8-10,25H2,1-4H3,(H2,24,26)(H,27,29). The molecule has 0 atom stereocenters. The van der Waals surface area contributed by atoms with Crippen LogP contribution in [0.5, 0.6) is 0 Å². The van der Waals surface area contributed by atoms with E-state index in [9.17, 15) is 9.18 Å². The molecule has 0 fully saturated rings. The lowest BCUT2D eigenvalue weighted by molar-refractivity contribution is 0.0946. The van der Waals surface area contributed by atoms with E-state index >= 15 is 0 Å². The molecule has 0 bridgehead atoms. The van der Waals surface area contributed by atoms with Crippen LogP contribution in [0, 0.1) is 14.8 Å². The first kappa shape index (κ1) is 23.0. The molecule has 0 saturated heterocycles. The van der Waals surface area contributed by atoms with Crippen LogP contribution in [0.25, 0.3) is 0 Å². The summed E-state index contributed by atoms with van der Waals surface area (Å²) in [5.41, 5.74) is 13.2. The number of benzene rings is 1. The number of fused-ring (bicyclic) bond motifs is 1. The molecule has 3 rings (SSSR count). The number of thiophene rings is 1. The molecule has 1 aliphatic rings. The largest absolute Gasteiger partial charge is 0.383 e. The van der Waals surface area contributed by atoms with Gasteiger partial charge in [-0.3, -0.25) is 9.79 Å². The first-order valence-electron chi connectivity index (χ1n) is 9.61. The third kappa shape index (κ3) is 5.30. The van der Waals surface area contributed by atoms with Crippen LogP contribution in [0.3, 0.4) is 0 Å². The monoisotopic (exact) mass is 543 g/mol. The second-order valence-corrected chi connectivity index (χ2v) is 11.3. The summed E-state index contributed by atoms with van der Waals surface area (Å²) in [6.07, 6.45) is 0.634. The summed E-state index contributed by atoms with van der Waals surface area (Å²) in [5.74, 6) is -0.239. The highest BCUT2D eigenvalue weighted by Crippen LogP contribution is 2.40. The zero-order chi connectivity index (χ0) is 22.3. The van der Waals surface area contributed by atoms with E-state index < -0.39 is 5.54 Å². The van der Waals surface area contributed by atoms with E-state index in [1.165, 1.54) is 17.4 Å². The SMILES string of the molecule is CC(C)(N)CNC(=O)c1c(Nc2ccc(I)cc2F)sc2c1CC(C)(C)CN=C2N. The number of halogens is 2. The minimum absolute atomic E-state index is 0.162. The number of aliphatic imine (C=N–C) groups is 1. The summed E-state index contributed by atoms with van der Waals surface area (Å²) in [6, 6.07) is 4.91. The molecule has 2 heterocycles. The highest BCUT2D eigenvalue weighted by molar-refractivity contribution is 14.1. The summed E-state index contributed by atoms with van der Waals surface area (Å²) in [5, 5.41) is 6.57. The van der Waals surface area contributed by atoms with E-state index in [1.807, 2.05) is 13.8 Å². The third-order valence-corrected chi connectivity index (χ3v) is 6.52. The number of nitrogens with two attached hydrogens (primary N) is 2. The van der Waals surface area contributed by atoms with Gasteiger partial charge in [0.1, 0.15) is 16.7 Å². The molecular weight excluding hydrogens is 516 g/mol. The topological polar surface area (TPSA) is 106 Å². The van der Waals surface area contributed by atoms with Gasteiger partial charge in [-0.1, -0.05) is 13.8 Å². The van der Waals surface area contributed by atoms with Gasteiger partial charge >= 0.3 is 0 Å². The number of rotatable bonds is 5. The number of carbonyl (C=O) groups is 1. The predicted molar refractivity (Wildman–Crippen MR) is 130 cm³/mol. The number of hydrogen-bond donors (Lipinski definition) is 4. The van der Waals surface area contributed by atoms with Gasteiger partial charge in [-0.15, -0.1) is 11.3 Å². The van der Waals surface area contributed by atoms with E-state index in [-0.39, 0.29) is 17.1 Å². The Bertz CT molecular complexity index is 1010. The zero-order valence-corrected chi connectivity index (χ0v) is 20.5. The molecular formula is C21H27FIN5OS. The maximum atomic E-state index is 14.5. The molecule has 0 unspecified atom stereocenters. The number of nitrogens with zero attached hydrogens (tertiary/aromatic N) is 1. The number of amides is 1. The predicted octanol–water partition coefficient (Wildman–Crippen LogP) is 3.99. The zero-order valence-electron chi connectivity index (χ0n) is 17.5. The molecule has 6 nitrogen and oxygen atoms in total. The van der Waals surface area contributed by atoms with Gasteiger partial charge in [-0.05, 0) is 72.0 Å². The van der Waals surface area contributed by atoms with E-state index in [2.05, 4.69) is 52.1 Å². The second kappa shape index (κ2) is 8.43. The fourth-order valence-electron chi connectivity index (χ4n) is 3.18. The van der Waals surface area contributed by atoms with Crippen LogP contribution in [0.4, 0.5) is 15.1 Å². The van der Waals surface area contributed by atoms with Crippen molar-refractivity contribution in [1.82, 2.24) is 5.32 Å². The van der Waals surface area contributed by atoms with Gasteiger partial charge in [0.15, 0.2) is 0 Å². The molecule has 0 aliphatic carbocycles. The maximum Gasteiger partial charge on any atom is 0.254 e. The fourth-order valence-corrected chi connectivity index (χ4v) is 4.79. The van der Waals surface area contributed by atoms with Crippen LogP contribution in [-0.4, -0.2) is 30.4 Å². The first-order valence-corrected chi connectivity index (χ1v) is 11.5. The molecule has 9 heteroatoms.